The highest BCUT2D eigenvalue weighted by atomic mass is 16.5. The molecule has 1 aromatic rings. The first-order chi connectivity index (χ1) is 6.79. The highest BCUT2D eigenvalue weighted by molar-refractivity contribution is 5.33. The Hall–Kier alpha value is -0.900. The highest BCUT2D eigenvalue weighted by Gasteiger charge is 2.12. The summed E-state index contributed by atoms with van der Waals surface area (Å²) in [7, 11) is 2.14. The first kappa shape index (κ1) is 9.65. The molecule has 0 amide bonds. The molecule has 2 rings (SSSR count). The average molecular weight is 192 g/mol. The Morgan fingerprint density at radius 1 is 1.43 bits per heavy atom. The summed E-state index contributed by atoms with van der Waals surface area (Å²) in [5.41, 5.74) is 6.18. The molecule has 0 unspecified atom stereocenters. The summed E-state index contributed by atoms with van der Waals surface area (Å²) in [5.74, 6) is 0. The molecule has 3 nitrogen and oxygen atoms in total. The van der Waals surface area contributed by atoms with Crippen molar-refractivity contribution in [1.82, 2.24) is 10.4 Å². The van der Waals surface area contributed by atoms with Crippen molar-refractivity contribution in [3.63, 3.8) is 0 Å². The minimum Gasteiger partial charge on any atom is -0.316 e. The van der Waals surface area contributed by atoms with Gasteiger partial charge in [0.05, 0.1) is 0 Å². The quantitative estimate of drug-likeness (QED) is 0.690. The molecule has 0 bridgehead atoms. The largest absolute Gasteiger partial charge is 0.316 e. The van der Waals surface area contributed by atoms with Crippen molar-refractivity contribution in [2.24, 2.45) is 0 Å². The van der Waals surface area contributed by atoms with E-state index in [1.54, 1.807) is 0 Å². The summed E-state index contributed by atoms with van der Waals surface area (Å²) in [6, 6.07) is 6.42. The second-order valence-corrected chi connectivity index (χ2v) is 3.93. The van der Waals surface area contributed by atoms with Gasteiger partial charge in [-0.05, 0) is 30.2 Å². The summed E-state index contributed by atoms with van der Waals surface area (Å²) in [5, 5.41) is 8.61. The number of benzene rings is 1. The van der Waals surface area contributed by atoms with Gasteiger partial charge >= 0.3 is 0 Å². The zero-order chi connectivity index (χ0) is 9.97. The van der Waals surface area contributed by atoms with E-state index in [1.807, 2.05) is 0 Å². The van der Waals surface area contributed by atoms with E-state index in [-0.39, 0.29) is 0 Å². The Morgan fingerprint density at radius 3 is 3.07 bits per heavy atom. The molecule has 0 atom stereocenters. The van der Waals surface area contributed by atoms with Crippen LogP contribution in [-0.2, 0) is 19.5 Å². The van der Waals surface area contributed by atoms with Gasteiger partial charge in [0.25, 0.3) is 0 Å². The number of hydrogen-bond acceptors (Lipinski definition) is 3. The molecule has 0 saturated carbocycles. The van der Waals surface area contributed by atoms with E-state index in [0.717, 1.165) is 25.1 Å². The number of fused-ring (bicyclic) bond motifs is 1. The molecule has 0 saturated heterocycles. The third-order valence-electron chi connectivity index (χ3n) is 2.76. The third-order valence-corrected chi connectivity index (χ3v) is 2.76. The van der Waals surface area contributed by atoms with Crippen molar-refractivity contribution in [2.45, 2.75) is 19.5 Å². The van der Waals surface area contributed by atoms with Crippen LogP contribution in [0.25, 0.3) is 0 Å². The van der Waals surface area contributed by atoms with Crippen molar-refractivity contribution in [3.8, 4) is 0 Å². The van der Waals surface area contributed by atoms with Gasteiger partial charge in [-0.15, -0.1) is 0 Å². The molecule has 1 aliphatic rings. The molecule has 3 heteroatoms. The molecule has 14 heavy (non-hydrogen) atoms. The van der Waals surface area contributed by atoms with Crippen LogP contribution in [0.15, 0.2) is 18.2 Å². The zero-order valence-electron chi connectivity index (χ0n) is 8.45. The first-order valence-corrected chi connectivity index (χ1v) is 4.96. The number of nitrogens with zero attached hydrogens (tertiary/aromatic N) is 1. The fraction of sp³-hybridized carbons (Fsp3) is 0.455. The maximum atomic E-state index is 8.61. The summed E-state index contributed by atoms with van der Waals surface area (Å²) in [6.45, 7) is 2.70. The number of rotatable bonds is 2. The third kappa shape index (κ3) is 1.95. The van der Waals surface area contributed by atoms with E-state index >= 15 is 0 Å². The van der Waals surface area contributed by atoms with Crippen molar-refractivity contribution in [1.29, 1.82) is 0 Å². The van der Waals surface area contributed by atoms with E-state index in [4.69, 9.17) is 5.21 Å². The standard InChI is InChI=1S/C11H16N2O/c1-13-5-4-10-6-9(7-12-14)2-3-11(10)8-13/h2-3,6,12,14H,4-5,7-8H2,1H3. The van der Waals surface area contributed by atoms with Crippen molar-refractivity contribution in [2.75, 3.05) is 13.6 Å². The molecule has 0 fully saturated rings. The molecule has 0 aromatic heterocycles. The van der Waals surface area contributed by atoms with Crippen LogP contribution in [0.2, 0.25) is 0 Å². The number of likely N-dealkylation sites (N-methyl/N-ethyl adjacent to an activating group) is 1. The fourth-order valence-corrected chi connectivity index (χ4v) is 1.95. The normalized spacial score (nSPS) is 16.7. The lowest BCUT2D eigenvalue weighted by Crippen LogP contribution is -2.26. The van der Waals surface area contributed by atoms with Crippen molar-refractivity contribution in [3.05, 3.63) is 34.9 Å². The van der Waals surface area contributed by atoms with Crippen LogP contribution in [0.1, 0.15) is 16.7 Å². The zero-order valence-corrected chi connectivity index (χ0v) is 8.45. The summed E-state index contributed by atoms with van der Waals surface area (Å²) in [6.07, 6.45) is 1.12. The molecule has 1 aromatic carbocycles. The SMILES string of the molecule is CN1CCc2cc(CNO)ccc2C1. The van der Waals surface area contributed by atoms with E-state index in [9.17, 15) is 0 Å². The van der Waals surface area contributed by atoms with Gasteiger partial charge in [-0.25, -0.2) is 5.48 Å². The molecule has 76 valence electrons. The maximum Gasteiger partial charge on any atom is 0.0458 e. The van der Waals surface area contributed by atoms with E-state index < -0.39 is 0 Å². The second-order valence-electron chi connectivity index (χ2n) is 3.93. The Balaban J connectivity index is 2.22. The van der Waals surface area contributed by atoms with Gasteiger partial charge in [0.15, 0.2) is 0 Å². The van der Waals surface area contributed by atoms with Gasteiger partial charge in [-0.3, -0.25) is 0 Å². The molecular weight excluding hydrogens is 176 g/mol. The van der Waals surface area contributed by atoms with Gasteiger partial charge in [0, 0.05) is 19.6 Å². The molecule has 2 N–H and O–H groups in total. The predicted molar refractivity (Wildman–Crippen MR) is 55.1 cm³/mol. The Bertz CT molecular complexity index is 325. The fourth-order valence-electron chi connectivity index (χ4n) is 1.95. The van der Waals surface area contributed by atoms with Gasteiger partial charge in [-0.2, -0.15) is 0 Å². The van der Waals surface area contributed by atoms with Crippen LogP contribution in [0.3, 0.4) is 0 Å². The van der Waals surface area contributed by atoms with Crippen LogP contribution in [0.5, 0.6) is 0 Å². The van der Waals surface area contributed by atoms with Crippen LogP contribution in [0.4, 0.5) is 0 Å². The summed E-state index contributed by atoms with van der Waals surface area (Å²) < 4.78 is 0. The average Bonchev–Trinajstić information content (AvgIpc) is 2.19. The van der Waals surface area contributed by atoms with Gasteiger partial charge in [0.2, 0.25) is 0 Å². The van der Waals surface area contributed by atoms with Crippen LogP contribution in [-0.4, -0.2) is 23.7 Å². The first-order valence-electron chi connectivity index (χ1n) is 4.96. The van der Waals surface area contributed by atoms with Gasteiger partial charge in [0.1, 0.15) is 0 Å². The number of hydroxylamine groups is 1. The predicted octanol–water partition coefficient (Wildman–Crippen LogP) is 1.15. The monoisotopic (exact) mass is 192 g/mol. The molecule has 1 aliphatic heterocycles. The molecule has 0 aliphatic carbocycles. The lowest BCUT2D eigenvalue weighted by molar-refractivity contribution is 0.161. The number of hydrogen-bond donors (Lipinski definition) is 2. The number of nitrogens with one attached hydrogen (secondary N) is 1. The lowest BCUT2D eigenvalue weighted by atomic mass is 9.98. The topological polar surface area (TPSA) is 35.5 Å². The second kappa shape index (κ2) is 4.09. The van der Waals surface area contributed by atoms with Crippen molar-refractivity contribution >= 4 is 0 Å². The van der Waals surface area contributed by atoms with E-state index in [1.165, 1.54) is 11.1 Å². The van der Waals surface area contributed by atoms with E-state index in [2.05, 4.69) is 35.6 Å². The Labute approximate surface area is 84.3 Å². The van der Waals surface area contributed by atoms with Gasteiger partial charge < -0.3 is 10.1 Å². The molecule has 0 radical (unpaired) electrons. The maximum absolute atomic E-state index is 8.61. The van der Waals surface area contributed by atoms with E-state index in [0.29, 0.717) is 6.54 Å². The molecule has 1 heterocycles. The van der Waals surface area contributed by atoms with Crippen LogP contribution in [0, 0.1) is 0 Å². The minimum absolute atomic E-state index is 0.531. The molecule has 0 spiro atoms. The molecular formula is C11H16N2O. The van der Waals surface area contributed by atoms with Crippen molar-refractivity contribution < 1.29 is 5.21 Å². The van der Waals surface area contributed by atoms with Crippen LogP contribution >= 0.6 is 0 Å². The Kier molecular flexibility index (Phi) is 2.82. The smallest absolute Gasteiger partial charge is 0.0458 e. The highest BCUT2D eigenvalue weighted by Crippen LogP contribution is 2.19. The van der Waals surface area contributed by atoms with Gasteiger partial charge in [-0.1, -0.05) is 18.2 Å². The minimum atomic E-state index is 0.531. The Morgan fingerprint density at radius 2 is 2.29 bits per heavy atom. The summed E-state index contributed by atoms with van der Waals surface area (Å²) >= 11 is 0. The summed E-state index contributed by atoms with van der Waals surface area (Å²) in [4.78, 5) is 2.33. The lowest BCUT2D eigenvalue weighted by Gasteiger charge is -2.25. The van der Waals surface area contributed by atoms with Crippen LogP contribution < -0.4 is 5.48 Å².